The van der Waals surface area contributed by atoms with Crippen molar-refractivity contribution in [2.45, 2.75) is 38.6 Å². The highest BCUT2D eigenvalue weighted by Crippen LogP contribution is 2.28. The average molecular weight is 292 g/mol. The maximum Gasteiger partial charge on any atom is 0.129 e. The highest BCUT2D eigenvalue weighted by molar-refractivity contribution is 7.80. The van der Waals surface area contributed by atoms with E-state index in [1.165, 1.54) is 19.4 Å². The van der Waals surface area contributed by atoms with Crippen molar-refractivity contribution in [3.63, 3.8) is 0 Å². The van der Waals surface area contributed by atoms with Crippen LogP contribution in [0.3, 0.4) is 0 Å². The minimum atomic E-state index is 0.344. The third kappa shape index (κ3) is 3.70. The lowest BCUT2D eigenvalue weighted by molar-refractivity contribution is 0.160. The molecule has 4 heteroatoms. The van der Waals surface area contributed by atoms with E-state index in [0.29, 0.717) is 17.1 Å². The van der Waals surface area contributed by atoms with E-state index in [1.807, 2.05) is 24.3 Å². The molecule has 3 nitrogen and oxygen atoms in total. The van der Waals surface area contributed by atoms with E-state index in [4.69, 9.17) is 22.7 Å². The quantitative estimate of drug-likeness (QED) is 0.646. The molecule has 0 spiro atoms. The van der Waals surface area contributed by atoms with Crippen LogP contribution >= 0.6 is 12.2 Å². The van der Waals surface area contributed by atoms with Gasteiger partial charge in [0, 0.05) is 12.1 Å². The number of hydrogen-bond acceptors (Lipinski definition) is 3. The van der Waals surface area contributed by atoms with Crippen molar-refractivity contribution >= 4 is 17.2 Å². The molecular weight excluding hydrogens is 268 g/mol. The van der Waals surface area contributed by atoms with Crippen LogP contribution in [-0.2, 0) is 0 Å². The van der Waals surface area contributed by atoms with Gasteiger partial charge in [0.25, 0.3) is 0 Å². The van der Waals surface area contributed by atoms with E-state index in [-0.39, 0.29) is 0 Å². The molecule has 0 amide bonds. The van der Waals surface area contributed by atoms with Gasteiger partial charge < -0.3 is 10.5 Å². The summed E-state index contributed by atoms with van der Waals surface area (Å²) in [7, 11) is 0. The summed E-state index contributed by atoms with van der Waals surface area (Å²) in [6, 6.07) is 7.70. The molecule has 20 heavy (non-hydrogen) atoms. The van der Waals surface area contributed by atoms with Crippen molar-refractivity contribution in [2.24, 2.45) is 5.73 Å². The first-order valence-corrected chi connectivity index (χ1v) is 7.68. The van der Waals surface area contributed by atoms with Gasteiger partial charge in [-0.1, -0.05) is 24.4 Å². The van der Waals surface area contributed by atoms with Crippen molar-refractivity contribution < 1.29 is 4.74 Å². The molecule has 1 fully saturated rings. The summed E-state index contributed by atoms with van der Waals surface area (Å²) in [5.41, 5.74) is 6.86. The lowest BCUT2D eigenvalue weighted by Crippen LogP contribution is -2.39. The lowest BCUT2D eigenvalue weighted by atomic mass is 10.0. The number of thiocarbonyl (C=S) groups is 1. The third-order valence-corrected chi connectivity index (χ3v) is 4.28. The standard InChI is InChI=1S/C16H24N2OS/c1-16(2)9-5-10-18(16)11-6-12-19-14-8-4-3-7-13(14)15(17)20/h3-4,7-8H,5-6,9-12H2,1-2H3,(H2,17,20). The molecule has 1 heterocycles. The molecular formula is C16H24N2OS. The zero-order chi connectivity index (χ0) is 14.6. The summed E-state index contributed by atoms with van der Waals surface area (Å²) in [4.78, 5) is 2.94. The van der Waals surface area contributed by atoms with Gasteiger partial charge in [0.1, 0.15) is 10.7 Å². The molecule has 1 saturated heterocycles. The van der Waals surface area contributed by atoms with Crippen molar-refractivity contribution in [3.05, 3.63) is 29.8 Å². The van der Waals surface area contributed by atoms with Gasteiger partial charge >= 0.3 is 0 Å². The Morgan fingerprint density at radius 1 is 1.40 bits per heavy atom. The minimum absolute atomic E-state index is 0.344. The topological polar surface area (TPSA) is 38.5 Å². The number of ether oxygens (including phenoxy) is 1. The molecule has 2 N–H and O–H groups in total. The lowest BCUT2D eigenvalue weighted by Gasteiger charge is -2.31. The molecule has 0 aliphatic carbocycles. The molecule has 110 valence electrons. The summed E-state index contributed by atoms with van der Waals surface area (Å²) in [5, 5.41) is 0. The van der Waals surface area contributed by atoms with Crippen LogP contribution in [-0.4, -0.2) is 35.1 Å². The maximum atomic E-state index is 5.83. The van der Waals surface area contributed by atoms with Crippen molar-refractivity contribution in [2.75, 3.05) is 19.7 Å². The Kier molecular flexibility index (Phi) is 5.00. The number of rotatable bonds is 6. The van der Waals surface area contributed by atoms with E-state index < -0.39 is 0 Å². The first kappa shape index (κ1) is 15.3. The monoisotopic (exact) mass is 292 g/mol. The van der Waals surface area contributed by atoms with E-state index in [0.717, 1.165) is 24.3 Å². The Balaban J connectivity index is 1.81. The summed E-state index contributed by atoms with van der Waals surface area (Å²) in [5.74, 6) is 0.792. The first-order valence-electron chi connectivity index (χ1n) is 7.27. The molecule has 0 saturated carbocycles. The van der Waals surface area contributed by atoms with E-state index in [2.05, 4.69) is 18.7 Å². The molecule has 1 aromatic rings. The van der Waals surface area contributed by atoms with Gasteiger partial charge in [-0.05, 0) is 51.8 Å². The van der Waals surface area contributed by atoms with Crippen molar-refractivity contribution in [1.82, 2.24) is 4.90 Å². The van der Waals surface area contributed by atoms with Gasteiger partial charge in [0.05, 0.1) is 12.2 Å². The Labute approximate surface area is 127 Å². The Bertz CT molecular complexity index is 473. The third-order valence-electron chi connectivity index (χ3n) is 4.06. The van der Waals surface area contributed by atoms with Crippen LogP contribution in [0.5, 0.6) is 5.75 Å². The molecule has 1 aliphatic rings. The van der Waals surface area contributed by atoms with Crippen LogP contribution in [0, 0.1) is 0 Å². The van der Waals surface area contributed by atoms with Gasteiger partial charge in [0.15, 0.2) is 0 Å². The van der Waals surface area contributed by atoms with Crippen molar-refractivity contribution in [1.29, 1.82) is 0 Å². The number of nitrogens with two attached hydrogens (primary N) is 1. The SMILES string of the molecule is CC1(C)CCCN1CCCOc1ccccc1C(N)=S. The Morgan fingerprint density at radius 3 is 2.80 bits per heavy atom. The first-order chi connectivity index (χ1) is 9.50. The molecule has 1 aliphatic heterocycles. The van der Waals surface area contributed by atoms with Crippen LogP contribution in [0.15, 0.2) is 24.3 Å². The molecule has 1 aromatic carbocycles. The number of nitrogens with zero attached hydrogens (tertiary/aromatic N) is 1. The highest BCUT2D eigenvalue weighted by Gasteiger charge is 2.30. The molecule has 2 rings (SSSR count). The summed E-state index contributed by atoms with van der Waals surface area (Å²) in [6.07, 6.45) is 3.62. The maximum absolute atomic E-state index is 5.83. The summed E-state index contributed by atoms with van der Waals surface area (Å²) >= 11 is 5.04. The van der Waals surface area contributed by atoms with Gasteiger partial charge in [0.2, 0.25) is 0 Å². The number of para-hydroxylation sites is 1. The summed E-state index contributed by atoms with van der Waals surface area (Å²) < 4.78 is 5.83. The van der Waals surface area contributed by atoms with Crippen LogP contribution in [0.1, 0.15) is 38.7 Å². The fraction of sp³-hybridized carbons (Fsp3) is 0.562. The van der Waals surface area contributed by atoms with Crippen LogP contribution in [0.4, 0.5) is 0 Å². The van der Waals surface area contributed by atoms with Gasteiger partial charge in [-0.2, -0.15) is 0 Å². The fourth-order valence-electron chi connectivity index (χ4n) is 2.81. The van der Waals surface area contributed by atoms with Gasteiger partial charge in [-0.3, -0.25) is 4.90 Å². The van der Waals surface area contributed by atoms with Gasteiger partial charge in [-0.15, -0.1) is 0 Å². The number of benzene rings is 1. The van der Waals surface area contributed by atoms with Crippen molar-refractivity contribution in [3.8, 4) is 5.75 Å². The number of hydrogen-bond donors (Lipinski definition) is 1. The van der Waals surface area contributed by atoms with Crippen LogP contribution < -0.4 is 10.5 Å². The molecule has 0 atom stereocenters. The Hall–Kier alpha value is -1.13. The minimum Gasteiger partial charge on any atom is -0.493 e. The number of likely N-dealkylation sites (tertiary alicyclic amines) is 1. The normalized spacial score (nSPS) is 18.1. The molecule has 0 bridgehead atoms. The average Bonchev–Trinajstić information content (AvgIpc) is 2.74. The molecule has 0 radical (unpaired) electrons. The zero-order valence-corrected chi connectivity index (χ0v) is 13.2. The fourth-order valence-corrected chi connectivity index (χ4v) is 2.98. The largest absolute Gasteiger partial charge is 0.493 e. The van der Waals surface area contributed by atoms with E-state index in [1.54, 1.807) is 0 Å². The second-order valence-corrected chi connectivity index (χ2v) is 6.41. The van der Waals surface area contributed by atoms with E-state index in [9.17, 15) is 0 Å². The molecule has 0 unspecified atom stereocenters. The predicted octanol–water partition coefficient (Wildman–Crippen LogP) is 2.96. The highest BCUT2D eigenvalue weighted by atomic mass is 32.1. The second-order valence-electron chi connectivity index (χ2n) is 5.97. The Morgan fingerprint density at radius 2 is 2.15 bits per heavy atom. The van der Waals surface area contributed by atoms with Crippen LogP contribution in [0.2, 0.25) is 0 Å². The predicted molar refractivity (Wildman–Crippen MR) is 87.3 cm³/mol. The zero-order valence-electron chi connectivity index (χ0n) is 12.4. The smallest absolute Gasteiger partial charge is 0.129 e. The summed E-state index contributed by atoms with van der Waals surface area (Å²) in [6.45, 7) is 7.64. The second kappa shape index (κ2) is 6.55. The van der Waals surface area contributed by atoms with E-state index >= 15 is 0 Å². The molecule has 0 aromatic heterocycles. The van der Waals surface area contributed by atoms with Gasteiger partial charge in [-0.25, -0.2) is 0 Å². The van der Waals surface area contributed by atoms with Crippen LogP contribution in [0.25, 0.3) is 0 Å².